The van der Waals surface area contributed by atoms with Crippen LogP contribution in [0.1, 0.15) is 36.5 Å². The maximum absolute atomic E-state index is 13.0. The predicted molar refractivity (Wildman–Crippen MR) is 173 cm³/mol. The molecule has 2 aliphatic rings. The van der Waals surface area contributed by atoms with Gasteiger partial charge in [-0.1, -0.05) is 48.0 Å². The molecule has 0 unspecified atom stereocenters. The number of likely N-dealkylation sites (tertiary alicyclic amines) is 1. The Morgan fingerprint density at radius 2 is 1.73 bits per heavy atom. The van der Waals surface area contributed by atoms with Crippen LogP contribution in [0.2, 0.25) is 0 Å². The SMILES string of the molecule is CCOC(=O)C1CCN(C2=NC(=O)C(=Cc3cn(-c4ccccc4)nc3-c3ccc(OCc4ccc(C)cc4)cc3)S2)CC1. The molecule has 0 aliphatic carbocycles. The fraction of sp³-hybridized carbons (Fsp3) is 0.257. The number of esters is 1. The van der Waals surface area contributed by atoms with E-state index in [0.717, 1.165) is 33.8 Å². The minimum Gasteiger partial charge on any atom is -0.489 e. The van der Waals surface area contributed by atoms with Crippen LogP contribution in [-0.2, 0) is 20.9 Å². The number of nitrogens with zero attached hydrogens (tertiary/aromatic N) is 4. The Hall–Kier alpha value is -4.63. The number of thioether (sulfide) groups is 1. The normalized spacial score (nSPS) is 16.3. The van der Waals surface area contributed by atoms with Gasteiger partial charge < -0.3 is 14.4 Å². The van der Waals surface area contributed by atoms with Gasteiger partial charge in [0, 0.05) is 30.4 Å². The third-order valence-electron chi connectivity index (χ3n) is 7.70. The van der Waals surface area contributed by atoms with Gasteiger partial charge in [0.25, 0.3) is 5.91 Å². The van der Waals surface area contributed by atoms with Crippen LogP contribution in [0.15, 0.2) is 95.0 Å². The van der Waals surface area contributed by atoms with Crippen molar-refractivity contribution in [2.75, 3.05) is 19.7 Å². The largest absolute Gasteiger partial charge is 0.489 e. The molecule has 0 radical (unpaired) electrons. The Morgan fingerprint density at radius 1 is 1.00 bits per heavy atom. The highest BCUT2D eigenvalue weighted by molar-refractivity contribution is 8.18. The average Bonchev–Trinajstić information content (AvgIpc) is 3.65. The van der Waals surface area contributed by atoms with Gasteiger partial charge >= 0.3 is 5.97 Å². The summed E-state index contributed by atoms with van der Waals surface area (Å²) in [5, 5.41) is 5.59. The molecule has 2 aliphatic heterocycles. The molecular formula is C35H34N4O4S. The highest BCUT2D eigenvalue weighted by Crippen LogP contribution is 2.35. The Morgan fingerprint density at radius 3 is 2.43 bits per heavy atom. The van der Waals surface area contributed by atoms with Crippen LogP contribution in [-0.4, -0.2) is 51.4 Å². The lowest BCUT2D eigenvalue weighted by molar-refractivity contribution is -0.149. The first-order chi connectivity index (χ1) is 21.5. The zero-order valence-corrected chi connectivity index (χ0v) is 25.6. The number of carbonyl (C=O) groups excluding carboxylic acids is 2. The molecule has 0 saturated carbocycles. The quantitative estimate of drug-likeness (QED) is 0.164. The number of aliphatic imine (C=N–C) groups is 1. The van der Waals surface area contributed by atoms with Gasteiger partial charge in [-0.15, -0.1) is 0 Å². The molecule has 3 heterocycles. The second-order valence-corrected chi connectivity index (χ2v) is 11.8. The number of aryl methyl sites for hydroxylation is 1. The van der Waals surface area contributed by atoms with Crippen LogP contribution in [0.25, 0.3) is 23.0 Å². The number of amidine groups is 1. The van der Waals surface area contributed by atoms with Crippen molar-refractivity contribution in [3.8, 4) is 22.7 Å². The lowest BCUT2D eigenvalue weighted by atomic mass is 9.97. The van der Waals surface area contributed by atoms with E-state index in [-0.39, 0.29) is 17.8 Å². The lowest BCUT2D eigenvalue weighted by Crippen LogP contribution is -2.39. The van der Waals surface area contributed by atoms with E-state index < -0.39 is 0 Å². The summed E-state index contributed by atoms with van der Waals surface area (Å²) in [4.78, 5) is 32.2. The van der Waals surface area contributed by atoms with Crippen molar-refractivity contribution >= 4 is 34.9 Å². The Labute approximate surface area is 261 Å². The van der Waals surface area contributed by atoms with Gasteiger partial charge in [0.15, 0.2) is 5.17 Å². The fourth-order valence-electron chi connectivity index (χ4n) is 5.23. The van der Waals surface area contributed by atoms with E-state index in [4.69, 9.17) is 14.6 Å². The number of benzene rings is 3. The number of ether oxygens (including phenoxy) is 2. The smallest absolute Gasteiger partial charge is 0.309 e. The van der Waals surface area contributed by atoms with E-state index in [9.17, 15) is 9.59 Å². The number of hydrogen-bond donors (Lipinski definition) is 0. The van der Waals surface area contributed by atoms with Gasteiger partial charge in [0.05, 0.1) is 28.8 Å². The maximum atomic E-state index is 13.0. The first-order valence-electron chi connectivity index (χ1n) is 14.8. The molecule has 8 nitrogen and oxygen atoms in total. The van der Waals surface area contributed by atoms with Crippen LogP contribution in [0.5, 0.6) is 5.75 Å². The molecule has 44 heavy (non-hydrogen) atoms. The molecule has 1 fully saturated rings. The Kier molecular flexibility index (Phi) is 8.93. The summed E-state index contributed by atoms with van der Waals surface area (Å²) in [6, 6.07) is 26.1. The summed E-state index contributed by atoms with van der Waals surface area (Å²) in [6.07, 6.45) is 5.18. The molecule has 6 rings (SSSR count). The highest BCUT2D eigenvalue weighted by Gasteiger charge is 2.32. The number of hydrogen-bond acceptors (Lipinski definition) is 7. The molecule has 1 amide bonds. The molecule has 0 N–H and O–H groups in total. The first-order valence-corrected chi connectivity index (χ1v) is 15.7. The molecular weight excluding hydrogens is 572 g/mol. The average molecular weight is 607 g/mol. The minimum absolute atomic E-state index is 0.102. The standard InChI is InChI=1S/C35H34N4O4S/c1-3-42-34(41)27-17-19-38(20-18-27)35-36-33(40)31(44-35)21-28-22-39(29-7-5-4-6-8-29)37-32(28)26-13-15-30(16-14-26)43-23-25-11-9-24(2)10-12-25/h4-16,21-22,27H,3,17-20,23H2,1-2H3. The van der Waals surface area contributed by atoms with E-state index in [1.165, 1.54) is 17.3 Å². The van der Waals surface area contributed by atoms with Crippen molar-refractivity contribution in [3.63, 3.8) is 0 Å². The fourth-order valence-corrected chi connectivity index (χ4v) is 6.19. The molecule has 9 heteroatoms. The van der Waals surface area contributed by atoms with Crippen LogP contribution >= 0.6 is 11.8 Å². The van der Waals surface area contributed by atoms with Crippen molar-refractivity contribution < 1.29 is 19.1 Å². The van der Waals surface area contributed by atoms with Crippen molar-refractivity contribution in [2.45, 2.75) is 33.3 Å². The zero-order valence-electron chi connectivity index (χ0n) is 24.8. The summed E-state index contributed by atoms with van der Waals surface area (Å²) >= 11 is 1.37. The molecule has 0 spiro atoms. The third kappa shape index (κ3) is 6.78. The number of para-hydroxylation sites is 1. The molecule has 1 aromatic heterocycles. The summed E-state index contributed by atoms with van der Waals surface area (Å²) in [5.74, 6) is 0.257. The van der Waals surface area contributed by atoms with E-state index in [1.54, 1.807) is 0 Å². The highest BCUT2D eigenvalue weighted by atomic mass is 32.2. The van der Waals surface area contributed by atoms with Gasteiger partial charge in [-0.25, -0.2) is 4.68 Å². The summed E-state index contributed by atoms with van der Waals surface area (Å²) in [5.41, 5.74) is 5.72. The Bertz CT molecular complexity index is 1690. The van der Waals surface area contributed by atoms with Gasteiger partial charge in [-0.2, -0.15) is 10.1 Å². The number of carbonyl (C=O) groups is 2. The molecule has 0 bridgehead atoms. The second kappa shape index (κ2) is 13.3. The second-order valence-electron chi connectivity index (χ2n) is 10.8. The van der Waals surface area contributed by atoms with Gasteiger partial charge in [0.2, 0.25) is 0 Å². The van der Waals surface area contributed by atoms with Crippen molar-refractivity contribution in [3.05, 3.63) is 107 Å². The number of rotatable bonds is 8. The third-order valence-corrected chi connectivity index (χ3v) is 8.74. The van der Waals surface area contributed by atoms with Gasteiger partial charge in [-0.05, 0) is 86.5 Å². The minimum atomic E-state index is -0.268. The van der Waals surface area contributed by atoms with E-state index >= 15 is 0 Å². The van der Waals surface area contributed by atoms with Crippen LogP contribution in [0, 0.1) is 12.8 Å². The Balaban J connectivity index is 1.20. The van der Waals surface area contributed by atoms with Gasteiger partial charge in [0.1, 0.15) is 12.4 Å². The first kappa shape index (κ1) is 29.4. The molecule has 3 aromatic carbocycles. The summed E-state index contributed by atoms with van der Waals surface area (Å²) in [7, 11) is 0. The lowest BCUT2D eigenvalue weighted by Gasteiger charge is -2.31. The molecule has 224 valence electrons. The molecule has 0 atom stereocenters. The number of amides is 1. The number of aromatic nitrogens is 2. The van der Waals surface area contributed by atoms with E-state index in [0.29, 0.717) is 49.2 Å². The van der Waals surface area contributed by atoms with E-state index in [2.05, 4.69) is 41.1 Å². The van der Waals surface area contributed by atoms with Crippen LogP contribution < -0.4 is 4.74 Å². The maximum Gasteiger partial charge on any atom is 0.309 e. The number of piperidine rings is 1. The zero-order chi connectivity index (χ0) is 30.5. The molecule has 1 saturated heterocycles. The van der Waals surface area contributed by atoms with Crippen LogP contribution in [0.4, 0.5) is 0 Å². The van der Waals surface area contributed by atoms with Crippen molar-refractivity contribution in [1.82, 2.24) is 14.7 Å². The summed E-state index contributed by atoms with van der Waals surface area (Å²) < 4.78 is 13.0. The van der Waals surface area contributed by atoms with Crippen molar-refractivity contribution in [2.24, 2.45) is 10.9 Å². The van der Waals surface area contributed by atoms with E-state index in [1.807, 2.05) is 78.5 Å². The van der Waals surface area contributed by atoms with Crippen LogP contribution in [0.3, 0.4) is 0 Å². The molecule has 4 aromatic rings. The predicted octanol–water partition coefficient (Wildman–Crippen LogP) is 6.67. The van der Waals surface area contributed by atoms with Crippen molar-refractivity contribution in [1.29, 1.82) is 0 Å². The monoisotopic (exact) mass is 606 g/mol. The van der Waals surface area contributed by atoms with Gasteiger partial charge in [-0.3, -0.25) is 9.59 Å². The topological polar surface area (TPSA) is 86.0 Å². The summed E-state index contributed by atoms with van der Waals surface area (Å²) in [6.45, 7) is 6.08.